The van der Waals surface area contributed by atoms with Crippen LogP contribution in [-0.4, -0.2) is 28.4 Å². The molecule has 1 saturated heterocycles. The summed E-state index contributed by atoms with van der Waals surface area (Å²) in [6, 6.07) is 4.24. The third kappa shape index (κ3) is 1.42. The van der Waals surface area contributed by atoms with Crippen LogP contribution in [0.5, 0.6) is 0 Å². The van der Waals surface area contributed by atoms with Crippen LogP contribution in [0.1, 0.15) is 18.5 Å². The van der Waals surface area contributed by atoms with E-state index in [1.165, 1.54) is 31.6 Å². The fourth-order valence-corrected chi connectivity index (χ4v) is 1.67. The van der Waals surface area contributed by atoms with Crippen molar-refractivity contribution in [3.05, 3.63) is 24.0 Å². The van der Waals surface area contributed by atoms with Crippen LogP contribution < -0.4 is 0 Å². The maximum atomic E-state index is 2.40. The Hall–Kier alpha value is -1.05. The molecule has 0 spiro atoms. The molecule has 64 valence electrons. The monoisotopic (exact) mass is 163 g/mol. The maximum absolute atomic E-state index is 2.40. The molecule has 2 nitrogen and oxygen atoms in total. The topological polar surface area (TPSA) is 7.94 Å². The van der Waals surface area contributed by atoms with Crippen molar-refractivity contribution < 1.29 is 4.58 Å². The molecular formula is C10H15N2+. The first-order valence-corrected chi connectivity index (χ1v) is 4.56. The largest absolute Gasteiger partial charge is 0.346 e. The zero-order valence-electron chi connectivity index (χ0n) is 7.53. The summed E-state index contributed by atoms with van der Waals surface area (Å²) in [5.74, 6) is 0. The number of hydrogen-bond donors (Lipinski definition) is 0. The summed E-state index contributed by atoms with van der Waals surface area (Å²) in [6.07, 6.45) is 7.04. The third-order valence-electron chi connectivity index (χ3n) is 2.44. The van der Waals surface area contributed by atoms with Crippen LogP contribution in [-0.2, 0) is 7.05 Å². The van der Waals surface area contributed by atoms with Gasteiger partial charge in [0.05, 0.1) is 0 Å². The van der Waals surface area contributed by atoms with Crippen molar-refractivity contribution in [1.29, 1.82) is 0 Å². The highest BCUT2D eigenvalue weighted by molar-refractivity contribution is 5.73. The zero-order chi connectivity index (χ0) is 8.39. The molecule has 2 heterocycles. The van der Waals surface area contributed by atoms with E-state index >= 15 is 0 Å². The molecule has 0 amide bonds. The van der Waals surface area contributed by atoms with Crippen molar-refractivity contribution in [2.75, 3.05) is 13.1 Å². The summed E-state index contributed by atoms with van der Waals surface area (Å²) in [5, 5.41) is 0. The van der Waals surface area contributed by atoms with E-state index in [0.717, 1.165) is 0 Å². The summed E-state index contributed by atoms with van der Waals surface area (Å²) < 4.78 is 4.55. The average Bonchev–Trinajstić information content (AvgIpc) is 2.65. The van der Waals surface area contributed by atoms with Gasteiger partial charge >= 0.3 is 0 Å². The van der Waals surface area contributed by atoms with Gasteiger partial charge in [-0.2, -0.15) is 0 Å². The summed E-state index contributed by atoms with van der Waals surface area (Å²) in [5.41, 5.74) is 1.30. The van der Waals surface area contributed by atoms with Crippen LogP contribution in [0.25, 0.3) is 0 Å². The van der Waals surface area contributed by atoms with Crippen LogP contribution in [0.4, 0.5) is 0 Å². The van der Waals surface area contributed by atoms with E-state index in [0.29, 0.717) is 0 Å². The predicted octanol–water partition coefficient (Wildman–Crippen LogP) is 1.25. The molecule has 1 aliphatic rings. The van der Waals surface area contributed by atoms with Crippen molar-refractivity contribution in [3.8, 4) is 0 Å². The van der Waals surface area contributed by atoms with Gasteiger partial charge < -0.3 is 4.57 Å². The Morgan fingerprint density at radius 1 is 1.42 bits per heavy atom. The third-order valence-corrected chi connectivity index (χ3v) is 2.44. The van der Waals surface area contributed by atoms with Gasteiger partial charge in [0.1, 0.15) is 18.8 Å². The summed E-state index contributed by atoms with van der Waals surface area (Å²) in [4.78, 5) is 0. The van der Waals surface area contributed by atoms with Gasteiger partial charge in [0.15, 0.2) is 6.21 Å². The normalized spacial score (nSPS) is 16.9. The van der Waals surface area contributed by atoms with Crippen molar-refractivity contribution in [2.45, 2.75) is 12.8 Å². The Labute approximate surface area is 73.1 Å². The summed E-state index contributed by atoms with van der Waals surface area (Å²) >= 11 is 0. The van der Waals surface area contributed by atoms with Gasteiger partial charge in [-0.15, -0.1) is 0 Å². The summed E-state index contributed by atoms with van der Waals surface area (Å²) in [7, 11) is 2.09. The molecule has 0 bridgehead atoms. The molecule has 0 saturated carbocycles. The van der Waals surface area contributed by atoms with Gasteiger partial charge in [-0.1, -0.05) is 0 Å². The molecular weight excluding hydrogens is 148 g/mol. The highest BCUT2D eigenvalue weighted by Crippen LogP contribution is 2.02. The van der Waals surface area contributed by atoms with Crippen molar-refractivity contribution in [3.63, 3.8) is 0 Å². The van der Waals surface area contributed by atoms with Crippen molar-refractivity contribution >= 4 is 6.21 Å². The van der Waals surface area contributed by atoms with E-state index in [1.54, 1.807) is 0 Å². The second-order valence-electron chi connectivity index (χ2n) is 3.42. The van der Waals surface area contributed by atoms with E-state index in [-0.39, 0.29) is 0 Å². The smallest absolute Gasteiger partial charge is 0.187 e. The fraction of sp³-hybridized carbons (Fsp3) is 0.500. The van der Waals surface area contributed by atoms with Gasteiger partial charge in [-0.25, -0.2) is 4.58 Å². The number of nitrogens with zero attached hydrogens (tertiary/aromatic N) is 2. The Morgan fingerprint density at radius 3 is 2.75 bits per heavy atom. The van der Waals surface area contributed by atoms with Crippen LogP contribution in [0, 0.1) is 0 Å². The standard InChI is InChI=1S/C10H15N2/c1-11-6-4-5-10(11)9-12-7-2-3-8-12/h4-6,9H,2-3,7-8H2,1H3/q+1. The van der Waals surface area contributed by atoms with E-state index in [1.807, 2.05) is 0 Å². The van der Waals surface area contributed by atoms with E-state index in [9.17, 15) is 0 Å². The van der Waals surface area contributed by atoms with Crippen LogP contribution in [0.2, 0.25) is 0 Å². The van der Waals surface area contributed by atoms with E-state index in [4.69, 9.17) is 0 Å². The molecule has 1 aliphatic heterocycles. The lowest BCUT2D eigenvalue weighted by Gasteiger charge is -1.94. The molecule has 0 atom stereocenters. The van der Waals surface area contributed by atoms with Gasteiger partial charge in [-0.3, -0.25) is 0 Å². The Kier molecular flexibility index (Phi) is 1.98. The second-order valence-corrected chi connectivity index (χ2v) is 3.42. The Morgan fingerprint density at radius 2 is 2.17 bits per heavy atom. The molecule has 0 N–H and O–H groups in total. The minimum Gasteiger partial charge on any atom is -0.346 e. The molecule has 2 heteroatoms. The molecule has 0 radical (unpaired) electrons. The lowest BCUT2D eigenvalue weighted by Crippen LogP contribution is -2.09. The Balaban J connectivity index is 2.21. The van der Waals surface area contributed by atoms with Crippen molar-refractivity contribution in [2.24, 2.45) is 7.05 Å². The van der Waals surface area contributed by atoms with E-state index < -0.39 is 0 Å². The van der Waals surface area contributed by atoms with Crippen LogP contribution in [0.15, 0.2) is 18.3 Å². The molecule has 0 aromatic carbocycles. The lowest BCUT2D eigenvalue weighted by molar-refractivity contribution is -0.501. The van der Waals surface area contributed by atoms with E-state index in [2.05, 4.69) is 40.7 Å². The molecule has 12 heavy (non-hydrogen) atoms. The highest BCUT2D eigenvalue weighted by atomic mass is 15.0. The lowest BCUT2D eigenvalue weighted by atomic mass is 10.4. The first-order valence-electron chi connectivity index (χ1n) is 4.56. The molecule has 2 rings (SSSR count). The summed E-state index contributed by atoms with van der Waals surface area (Å²) in [6.45, 7) is 2.45. The number of aryl methyl sites for hydroxylation is 1. The zero-order valence-corrected chi connectivity index (χ0v) is 7.53. The molecule has 1 aromatic rings. The number of hydrogen-bond acceptors (Lipinski definition) is 0. The number of rotatable bonds is 1. The van der Waals surface area contributed by atoms with Crippen LogP contribution in [0.3, 0.4) is 0 Å². The maximum Gasteiger partial charge on any atom is 0.187 e. The fourth-order valence-electron chi connectivity index (χ4n) is 1.67. The molecule has 0 unspecified atom stereocenters. The second kappa shape index (κ2) is 3.13. The first kappa shape index (κ1) is 7.59. The number of aromatic nitrogens is 1. The van der Waals surface area contributed by atoms with Gasteiger partial charge in [0.25, 0.3) is 0 Å². The minimum absolute atomic E-state index is 1.23. The molecule has 1 aromatic heterocycles. The Bertz CT molecular complexity index is 289. The first-order chi connectivity index (χ1) is 5.86. The van der Waals surface area contributed by atoms with Gasteiger partial charge in [-0.05, 0) is 12.1 Å². The highest BCUT2D eigenvalue weighted by Gasteiger charge is 2.12. The van der Waals surface area contributed by atoms with Crippen molar-refractivity contribution in [1.82, 2.24) is 4.57 Å². The minimum atomic E-state index is 1.23. The SMILES string of the molecule is Cn1cccc1C=[N+]1CCCC1. The predicted molar refractivity (Wildman–Crippen MR) is 49.8 cm³/mol. The quantitative estimate of drug-likeness (QED) is 0.551. The van der Waals surface area contributed by atoms with Crippen LogP contribution >= 0.6 is 0 Å². The van der Waals surface area contributed by atoms with Gasteiger partial charge in [0, 0.05) is 26.1 Å². The van der Waals surface area contributed by atoms with Gasteiger partial charge in [0.2, 0.25) is 0 Å². The molecule has 0 aliphatic carbocycles. The average molecular weight is 163 g/mol. The molecule has 1 fully saturated rings.